The summed E-state index contributed by atoms with van der Waals surface area (Å²) in [7, 11) is 0.860. The molecule has 0 saturated heterocycles. The fourth-order valence-electron chi connectivity index (χ4n) is 7.67. The Labute approximate surface area is 355 Å². The van der Waals surface area contributed by atoms with E-state index in [1.807, 2.05) is 24.3 Å². The predicted molar refractivity (Wildman–Crippen MR) is 245 cm³/mol. The molecule has 10 heteroatoms. The zero-order valence-corrected chi connectivity index (χ0v) is 38.5. The highest BCUT2D eigenvalue weighted by atomic mass is 28.4. The fourth-order valence-corrected chi connectivity index (χ4v) is 21.9. The minimum atomic E-state index is -1.17. The molecule has 0 bridgehead atoms. The minimum absolute atomic E-state index is 0.396. The zero-order valence-electron chi connectivity index (χ0n) is 36.5. The molecule has 59 heavy (non-hydrogen) atoms. The van der Waals surface area contributed by atoms with Crippen LogP contribution < -0.4 is 28.4 Å². The number of unbranched alkanes of at least 4 members (excludes halogenated alkanes) is 10. The first-order valence-corrected chi connectivity index (χ1v) is 28.5. The van der Waals surface area contributed by atoms with Gasteiger partial charge < -0.3 is 28.4 Å². The first kappa shape index (κ1) is 47.1. The maximum atomic E-state index is 12.5. The molecule has 0 radical (unpaired) electrons. The van der Waals surface area contributed by atoms with E-state index in [0.717, 1.165) is 24.3 Å². The summed E-state index contributed by atoms with van der Waals surface area (Å²) in [5.74, 6) is 3.15. The molecule has 8 nitrogen and oxygen atoms in total. The number of rotatable bonds is 28. The van der Waals surface area contributed by atoms with Gasteiger partial charge in [0.15, 0.2) is 0 Å². The average Bonchev–Trinajstić information content (AvgIpc) is 3.23. The molecule has 0 N–H and O–H groups in total. The lowest BCUT2D eigenvalue weighted by molar-refractivity contribution is 0.0725. The zero-order chi connectivity index (χ0) is 42.4. The van der Waals surface area contributed by atoms with Crippen molar-refractivity contribution in [2.45, 2.75) is 121 Å². The summed E-state index contributed by atoms with van der Waals surface area (Å²) in [4.78, 5) is 24.9. The van der Waals surface area contributed by atoms with Crippen molar-refractivity contribution in [1.82, 2.24) is 0 Å². The van der Waals surface area contributed by atoms with Crippen molar-refractivity contribution in [2.24, 2.45) is 0 Å². The van der Waals surface area contributed by atoms with Crippen LogP contribution in [0.15, 0.2) is 97.1 Å². The minimum Gasteiger partial charge on any atom is -0.497 e. The van der Waals surface area contributed by atoms with Crippen LogP contribution in [-0.2, 0) is 0 Å². The molecule has 0 aliphatic heterocycles. The highest BCUT2D eigenvalue weighted by Crippen LogP contribution is 2.30. The highest BCUT2D eigenvalue weighted by molar-refractivity contribution is 6.95. The van der Waals surface area contributed by atoms with E-state index in [-0.39, 0.29) is 0 Å². The van der Waals surface area contributed by atoms with E-state index in [4.69, 9.17) is 28.4 Å². The Bertz CT molecular complexity index is 1660. The van der Waals surface area contributed by atoms with Crippen molar-refractivity contribution in [3.63, 3.8) is 0 Å². The lowest BCUT2D eigenvalue weighted by atomic mass is 10.1. The maximum absolute atomic E-state index is 12.5. The molecular formula is C49H68O8Si2. The number of ether oxygens (including phenoxy) is 6. The second-order valence-corrected chi connectivity index (χ2v) is 28.2. The first-order valence-electron chi connectivity index (χ1n) is 21.6. The molecule has 0 heterocycles. The van der Waals surface area contributed by atoms with E-state index in [2.05, 4.69) is 26.2 Å². The Morgan fingerprint density at radius 3 is 1.02 bits per heavy atom. The van der Waals surface area contributed by atoms with Crippen molar-refractivity contribution >= 4 is 28.1 Å². The second-order valence-electron chi connectivity index (χ2n) is 17.1. The topological polar surface area (TPSA) is 89.5 Å². The number of hydrogen-bond donors (Lipinski definition) is 0. The van der Waals surface area contributed by atoms with E-state index in [0.29, 0.717) is 47.3 Å². The summed E-state index contributed by atoms with van der Waals surface area (Å²) >= 11 is 0. The van der Waals surface area contributed by atoms with Crippen LogP contribution in [0.5, 0.6) is 34.5 Å². The lowest BCUT2D eigenvalue weighted by Gasteiger charge is -2.32. The Balaban J connectivity index is 0.952. The summed E-state index contributed by atoms with van der Waals surface area (Å²) in [5, 5.41) is 0. The Hall–Kier alpha value is -4.55. The van der Waals surface area contributed by atoms with Crippen LogP contribution in [0, 0.1) is 0 Å². The van der Waals surface area contributed by atoms with E-state index in [1.54, 1.807) is 92.7 Å². The van der Waals surface area contributed by atoms with Crippen LogP contribution in [0.25, 0.3) is 0 Å². The van der Waals surface area contributed by atoms with Crippen molar-refractivity contribution in [1.29, 1.82) is 0 Å². The molecular weight excluding hydrogens is 773 g/mol. The molecule has 0 saturated carbocycles. The number of esters is 2. The number of hydrogen-bond acceptors (Lipinski definition) is 8. The van der Waals surface area contributed by atoms with E-state index in [1.165, 1.54) is 76.3 Å². The van der Waals surface area contributed by atoms with Gasteiger partial charge in [0.05, 0.1) is 38.6 Å². The molecule has 0 unspecified atom stereocenters. The monoisotopic (exact) mass is 840 g/mol. The average molecular weight is 841 g/mol. The van der Waals surface area contributed by atoms with Crippen LogP contribution in [0.2, 0.25) is 43.9 Å². The Kier molecular flexibility index (Phi) is 20.1. The van der Waals surface area contributed by atoms with E-state index < -0.39 is 28.1 Å². The first-order chi connectivity index (χ1) is 28.4. The van der Waals surface area contributed by atoms with Gasteiger partial charge in [-0.3, -0.25) is 0 Å². The van der Waals surface area contributed by atoms with Gasteiger partial charge in [0.1, 0.15) is 34.5 Å². The van der Waals surface area contributed by atoms with Gasteiger partial charge in [0.25, 0.3) is 0 Å². The van der Waals surface area contributed by atoms with Gasteiger partial charge in [-0.05, 0) is 110 Å². The smallest absolute Gasteiger partial charge is 0.343 e. The third-order valence-corrected chi connectivity index (χ3v) is 21.8. The van der Waals surface area contributed by atoms with Crippen molar-refractivity contribution < 1.29 is 38.0 Å². The number of methoxy groups -OCH3 is 2. The van der Waals surface area contributed by atoms with Crippen LogP contribution in [-0.4, -0.2) is 55.5 Å². The third-order valence-electron chi connectivity index (χ3n) is 10.7. The van der Waals surface area contributed by atoms with Crippen molar-refractivity contribution in [3.8, 4) is 34.5 Å². The van der Waals surface area contributed by atoms with Crippen LogP contribution in [0.3, 0.4) is 0 Å². The quantitative estimate of drug-likeness (QED) is 0.0242. The van der Waals surface area contributed by atoms with Gasteiger partial charge >= 0.3 is 11.9 Å². The molecule has 4 aromatic carbocycles. The number of benzene rings is 4. The van der Waals surface area contributed by atoms with Gasteiger partial charge in [0, 0.05) is 16.1 Å². The van der Waals surface area contributed by atoms with Gasteiger partial charge in [-0.25, -0.2) is 9.59 Å². The molecule has 0 spiro atoms. The normalized spacial score (nSPS) is 11.5. The van der Waals surface area contributed by atoms with Gasteiger partial charge in [0.2, 0.25) is 0 Å². The summed E-state index contributed by atoms with van der Waals surface area (Å²) in [6.07, 6.45) is 15.0. The molecule has 0 amide bonds. The number of carbonyl (C=O) groups is 2. The number of carbonyl (C=O) groups excluding carboxylic acids is 2. The standard InChI is InChI=1S/C49H68O8Si2/c1-52-42-27-31-46(32-28-42)56-48(50)40-19-23-44(24-20-40)54-35-15-11-7-9-13-17-37-58(3,4)39-59(5,6)38-18-14-10-8-12-16-36-55-45-25-21-41(22-26-45)49(51)57-47-33-29-43(53-2)30-34-47/h19-34H,7-18,35-39H2,1-6H3. The fraction of sp³-hybridized carbons (Fsp3) is 0.469. The van der Waals surface area contributed by atoms with Crippen LogP contribution >= 0.6 is 0 Å². The van der Waals surface area contributed by atoms with E-state index in [9.17, 15) is 9.59 Å². The molecule has 0 fully saturated rings. The van der Waals surface area contributed by atoms with Crippen LogP contribution in [0.1, 0.15) is 97.8 Å². The Morgan fingerprint density at radius 2 is 0.678 bits per heavy atom. The molecule has 0 aliphatic carbocycles. The molecule has 0 aromatic heterocycles. The second kappa shape index (κ2) is 25.2. The SMILES string of the molecule is COc1ccc(OC(=O)c2ccc(OCCCCCCCC[Si](C)(C)C[Si](C)(C)CCCCCCCCOc3ccc(C(=O)Oc4ccc(OC)cc4)cc3)cc2)cc1. The van der Waals surface area contributed by atoms with Crippen LogP contribution in [0.4, 0.5) is 0 Å². The molecule has 4 rings (SSSR count). The van der Waals surface area contributed by atoms with Gasteiger partial charge in [-0.15, -0.1) is 0 Å². The molecule has 4 aromatic rings. The highest BCUT2D eigenvalue weighted by Gasteiger charge is 2.31. The molecule has 320 valence electrons. The molecule has 0 atom stereocenters. The van der Waals surface area contributed by atoms with Crippen molar-refractivity contribution in [3.05, 3.63) is 108 Å². The van der Waals surface area contributed by atoms with Gasteiger partial charge in [-0.2, -0.15) is 0 Å². The largest absolute Gasteiger partial charge is 0.497 e. The third kappa shape index (κ3) is 18.5. The maximum Gasteiger partial charge on any atom is 0.343 e. The van der Waals surface area contributed by atoms with Crippen molar-refractivity contribution in [2.75, 3.05) is 27.4 Å². The lowest BCUT2D eigenvalue weighted by Crippen LogP contribution is -2.39. The van der Waals surface area contributed by atoms with Gasteiger partial charge in [-0.1, -0.05) is 108 Å². The summed E-state index contributed by atoms with van der Waals surface area (Å²) in [6, 6.07) is 31.1. The predicted octanol–water partition coefficient (Wildman–Crippen LogP) is 13.2. The summed E-state index contributed by atoms with van der Waals surface area (Å²) in [5.41, 5.74) is 2.52. The van der Waals surface area contributed by atoms with E-state index >= 15 is 0 Å². The Morgan fingerprint density at radius 1 is 0.390 bits per heavy atom. The molecule has 0 aliphatic rings. The summed E-state index contributed by atoms with van der Waals surface area (Å²) in [6.45, 7) is 11.9. The summed E-state index contributed by atoms with van der Waals surface area (Å²) < 4.78 is 33.0.